The maximum atomic E-state index is 13.3. The summed E-state index contributed by atoms with van der Waals surface area (Å²) in [4.78, 5) is 22.6. The number of anilines is 2. The van der Waals surface area contributed by atoms with Gasteiger partial charge in [0.1, 0.15) is 11.9 Å². The van der Waals surface area contributed by atoms with Crippen LogP contribution in [0.4, 0.5) is 17.1 Å². The van der Waals surface area contributed by atoms with Gasteiger partial charge in [-0.3, -0.25) is 19.2 Å². The van der Waals surface area contributed by atoms with E-state index in [-0.39, 0.29) is 28.8 Å². The first-order valence-electron chi connectivity index (χ1n) is 9.70. The predicted octanol–water partition coefficient (Wildman–Crippen LogP) is 3.82. The van der Waals surface area contributed by atoms with E-state index in [1.54, 1.807) is 31.2 Å². The Balaban J connectivity index is 1.53. The number of nitro benzene ring substituents is 1. The number of carbonyl (C=O) groups is 1. The van der Waals surface area contributed by atoms with E-state index in [1.165, 1.54) is 52.8 Å². The number of amides is 1. The Kier molecular flexibility index (Phi) is 5.54. The second kappa shape index (κ2) is 8.31. The minimum Gasteiger partial charge on any atom is -0.487 e. The number of ether oxygens (including phenoxy) is 1. The van der Waals surface area contributed by atoms with Crippen LogP contribution in [-0.4, -0.2) is 31.9 Å². The molecule has 1 N–H and O–H groups in total. The Morgan fingerprint density at radius 3 is 2.38 bits per heavy atom. The summed E-state index contributed by atoms with van der Waals surface area (Å²) >= 11 is 0. The van der Waals surface area contributed by atoms with Crippen molar-refractivity contribution in [2.45, 2.75) is 17.9 Å². The molecule has 0 saturated heterocycles. The van der Waals surface area contributed by atoms with Gasteiger partial charge in [-0.25, -0.2) is 8.42 Å². The third-order valence-corrected chi connectivity index (χ3v) is 6.72. The van der Waals surface area contributed by atoms with Gasteiger partial charge in [-0.05, 0) is 55.5 Å². The lowest BCUT2D eigenvalue weighted by Crippen LogP contribution is -2.42. The Bertz CT molecular complexity index is 1270. The molecule has 0 aliphatic carbocycles. The molecular formula is C22H19N3O6S. The molecule has 0 bridgehead atoms. The number of sulfonamides is 1. The molecule has 1 aliphatic rings. The van der Waals surface area contributed by atoms with Gasteiger partial charge in [-0.15, -0.1) is 0 Å². The van der Waals surface area contributed by atoms with E-state index < -0.39 is 20.9 Å². The fourth-order valence-corrected chi connectivity index (χ4v) is 4.90. The lowest BCUT2D eigenvalue weighted by Gasteiger charge is -2.34. The zero-order valence-corrected chi connectivity index (χ0v) is 17.8. The SMILES string of the molecule is CC1CN(S(=O)(=O)c2ccc(NC(=O)c3ccc([N+](=O)[O-])cc3)cc2)c2ccccc2O1. The number of fused-ring (bicyclic) bond motifs is 1. The Morgan fingerprint density at radius 2 is 1.72 bits per heavy atom. The van der Waals surface area contributed by atoms with Crippen molar-refractivity contribution in [1.82, 2.24) is 0 Å². The fraction of sp³-hybridized carbons (Fsp3) is 0.136. The molecule has 0 spiro atoms. The number of rotatable bonds is 5. The van der Waals surface area contributed by atoms with E-state index in [2.05, 4.69) is 5.32 Å². The number of benzene rings is 3. The highest BCUT2D eigenvalue weighted by molar-refractivity contribution is 7.92. The van der Waals surface area contributed by atoms with E-state index >= 15 is 0 Å². The Labute approximate surface area is 184 Å². The molecule has 4 rings (SSSR count). The van der Waals surface area contributed by atoms with Gasteiger partial charge in [-0.2, -0.15) is 0 Å². The number of nitrogens with zero attached hydrogens (tertiary/aromatic N) is 2. The van der Waals surface area contributed by atoms with E-state index in [1.807, 2.05) is 0 Å². The normalized spacial score (nSPS) is 15.4. The molecular weight excluding hydrogens is 434 g/mol. The quantitative estimate of drug-likeness (QED) is 0.463. The second-order valence-corrected chi connectivity index (χ2v) is 9.08. The van der Waals surface area contributed by atoms with Crippen LogP contribution in [0, 0.1) is 10.1 Å². The second-order valence-electron chi connectivity index (χ2n) is 7.21. The summed E-state index contributed by atoms with van der Waals surface area (Å²) in [7, 11) is -3.84. The van der Waals surface area contributed by atoms with Crippen molar-refractivity contribution in [2.24, 2.45) is 0 Å². The summed E-state index contributed by atoms with van der Waals surface area (Å²) in [6, 6.07) is 18.0. The average Bonchev–Trinajstić information content (AvgIpc) is 2.79. The third kappa shape index (κ3) is 4.12. The topological polar surface area (TPSA) is 119 Å². The van der Waals surface area contributed by atoms with Crippen LogP contribution < -0.4 is 14.4 Å². The number of para-hydroxylation sites is 2. The molecule has 164 valence electrons. The van der Waals surface area contributed by atoms with Crippen LogP contribution in [0.3, 0.4) is 0 Å². The van der Waals surface area contributed by atoms with Crippen molar-refractivity contribution < 1.29 is 22.9 Å². The molecule has 1 heterocycles. The van der Waals surface area contributed by atoms with Gasteiger partial charge in [0.15, 0.2) is 0 Å². The van der Waals surface area contributed by atoms with Crippen LogP contribution in [0.5, 0.6) is 5.75 Å². The molecule has 1 unspecified atom stereocenters. The number of nitro groups is 1. The number of non-ortho nitro benzene ring substituents is 1. The summed E-state index contributed by atoms with van der Waals surface area (Å²) in [5.41, 5.74) is 0.991. The molecule has 1 amide bonds. The van der Waals surface area contributed by atoms with E-state index in [9.17, 15) is 23.3 Å². The zero-order valence-electron chi connectivity index (χ0n) is 17.0. The number of hydrogen-bond donors (Lipinski definition) is 1. The zero-order chi connectivity index (χ0) is 22.9. The lowest BCUT2D eigenvalue weighted by molar-refractivity contribution is -0.384. The Morgan fingerprint density at radius 1 is 1.06 bits per heavy atom. The molecule has 0 saturated carbocycles. The number of nitrogens with one attached hydrogen (secondary N) is 1. The van der Waals surface area contributed by atoms with Gasteiger partial charge in [0.2, 0.25) is 0 Å². The first kappa shape index (κ1) is 21.3. The largest absolute Gasteiger partial charge is 0.487 e. The van der Waals surface area contributed by atoms with Gasteiger partial charge in [-0.1, -0.05) is 12.1 Å². The standard InChI is InChI=1S/C22H19N3O6S/c1-15-14-24(20-4-2-3-5-21(20)31-15)32(29,30)19-12-8-17(9-13-19)23-22(26)16-6-10-18(11-7-16)25(27)28/h2-13,15H,14H2,1H3,(H,23,26). The van der Waals surface area contributed by atoms with Gasteiger partial charge in [0.05, 0.1) is 22.1 Å². The van der Waals surface area contributed by atoms with Crippen LogP contribution in [0.15, 0.2) is 77.7 Å². The fourth-order valence-electron chi connectivity index (χ4n) is 3.35. The van der Waals surface area contributed by atoms with Crippen molar-refractivity contribution in [2.75, 3.05) is 16.2 Å². The summed E-state index contributed by atoms with van der Waals surface area (Å²) < 4.78 is 33.6. The highest BCUT2D eigenvalue weighted by Gasteiger charge is 2.32. The summed E-state index contributed by atoms with van der Waals surface area (Å²) in [5, 5.41) is 13.4. The summed E-state index contributed by atoms with van der Waals surface area (Å²) in [6.07, 6.45) is -0.306. The van der Waals surface area contributed by atoms with Gasteiger partial charge in [0, 0.05) is 23.4 Å². The first-order chi connectivity index (χ1) is 15.3. The van der Waals surface area contributed by atoms with Crippen molar-refractivity contribution in [3.8, 4) is 5.75 Å². The van der Waals surface area contributed by atoms with Crippen LogP contribution in [0.25, 0.3) is 0 Å². The Hall–Kier alpha value is -3.92. The maximum absolute atomic E-state index is 13.3. The summed E-state index contributed by atoms with van der Waals surface area (Å²) in [6.45, 7) is 1.98. The predicted molar refractivity (Wildman–Crippen MR) is 119 cm³/mol. The van der Waals surface area contributed by atoms with Gasteiger partial charge in [0.25, 0.3) is 21.6 Å². The highest BCUT2D eigenvalue weighted by Crippen LogP contribution is 2.36. The van der Waals surface area contributed by atoms with Crippen molar-refractivity contribution >= 4 is 33.0 Å². The van der Waals surface area contributed by atoms with Gasteiger partial charge >= 0.3 is 0 Å². The smallest absolute Gasteiger partial charge is 0.269 e. The molecule has 1 aliphatic heterocycles. The number of carbonyl (C=O) groups excluding carboxylic acids is 1. The molecule has 0 fully saturated rings. The monoisotopic (exact) mass is 453 g/mol. The molecule has 1 atom stereocenters. The van der Waals surface area contributed by atoms with Gasteiger partial charge < -0.3 is 10.1 Å². The number of hydrogen-bond acceptors (Lipinski definition) is 6. The molecule has 0 aromatic heterocycles. The van der Waals surface area contributed by atoms with Crippen LogP contribution in [0.2, 0.25) is 0 Å². The van der Waals surface area contributed by atoms with E-state index in [0.717, 1.165) is 0 Å². The highest BCUT2D eigenvalue weighted by atomic mass is 32.2. The molecule has 3 aromatic rings. The van der Waals surface area contributed by atoms with Crippen molar-refractivity contribution in [1.29, 1.82) is 0 Å². The van der Waals surface area contributed by atoms with E-state index in [4.69, 9.17) is 4.74 Å². The molecule has 10 heteroatoms. The maximum Gasteiger partial charge on any atom is 0.269 e. The van der Waals surface area contributed by atoms with E-state index in [0.29, 0.717) is 17.1 Å². The molecule has 32 heavy (non-hydrogen) atoms. The van der Waals surface area contributed by atoms with Crippen molar-refractivity contribution in [3.05, 3.63) is 88.5 Å². The molecule has 3 aromatic carbocycles. The van der Waals surface area contributed by atoms with Crippen LogP contribution in [0.1, 0.15) is 17.3 Å². The third-order valence-electron chi connectivity index (χ3n) is 4.93. The lowest BCUT2D eigenvalue weighted by atomic mass is 10.2. The average molecular weight is 453 g/mol. The first-order valence-corrected chi connectivity index (χ1v) is 11.1. The molecule has 0 radical (unpaired) electrons. The summed E-state index contributed by atoms with van der Waals surface area (Å²) in [5.74, 6) is 0.0354. The minimum atomic E-state index is -3.84. The minimum absolute atomic E-state index is 0.0785. The van der Waals surface area contributed by atoms with Crippen molar-refractivity contribution in [3.63, 3.8) is 0 Å². The van der Waals surface area contributed by atoms with Crippen LogP contribution in [-0.2, 0) is 10.0 Å². The molecule has 9 nitrogen and oxygen atoms in total. The van der Waals surface area contributed by atoms with Crippen LogP contribution >= 0.6 is 0 Å².